The number of rotatable bonds is 3. The molecule has 1 aliphatic heterocycles. The highest BCUT2D eigenvalue weighted by Crippen LogP contribution is 2.76. The number of esters is 1. The maximum Gasteiger partial charge on any atom is 0.312 e. The molecule has 5 fully saturated rings. The van der Waals surface area contributed by atoms with Crippen LogP contribution < -0.4 is 5.32 Å². The molecule has 0 unspecified atom stereocenters. The zero-order valence-electron chi connectivity index (χ0n) is 22.6. The first kappa shape index (κ1) is 26.1. The van der Waals surface area contributed by atoms with Crippen LogP contribution in [0.2, 0.25) is 0 Å². The average molecular weight is 590 g/mol. The number of halogens is 1. The summed E-state index contributed by atoms with van der Waals surface area (Å²) in [7, 11) is 0. The summed E-state index contributed by atoms with van der Waals surface area (Å²) in [4.78, 5) is 19.7. The van der Waals surface area contributed by atoms with Crippen molar-refractivity contribution in [3.63, 3.8) is 0 Å². The largest absolute Gasteiger partial charge is 0.466 e. The number of ether oxygens (including phenoxy) is 1. The van der Waals surface area contributed by atoms with E-state index in [1.165, 1.54) is 32.1 Å². The van der Waals surface area contributed by atoms with Crippen LogP contribution in [0.1, 0.15) is 79.1 Å². The van der Waals surface area contributed by atoms with Crippen LogP contribution in [0, 0.1) is 39.4 Å². The number of benzene rings is 1. The van der Waals surface area contributed by atoms with Crippen LogP contribution >= 0.6 is 28.1 Å². The molecule has 1 saturated heterocycles. The Labute approximate surface area is 235 Å². The third-order valence-corrected chi connectivity index (χ3v) is 12.4. The van der Waals surface area contributed by atoms with Gasteiger partial charge in [0.15, 0.2) is 5.11 Å². The van der Waals surface area contributed by atoms with Crippen molar-refractivity contribution in [1.82, 2.24) is 5.06 Å². The van der Waals surface area contributed by atoms with E-state index in [-0.39, 0.29) is 27.6 Å². The molecule has 202 valence electrons. The standard InChI is InChI=1S/C30H41BrN2O3S/c1-5-35-25(34)29(4)14-6-13-28(3)22(29)12-16-30-18-27(2,15-11-23(28)30)24-21(30)17-36-33(24)26(37)32-20-9-7-19(31)8-10-20/h7-10,21-24H,5-6,11-18H2,1-4H3,(H,32,37)/t21-,22+,23+,24+,27+,28-,29-,30-/m1/s1. The Morgan fingerprint density at radius 3 is 2.59 bits per heavy atom. The zero-order valence-corrected chi connectivity index (χ0v) is 25.1. The molecule has 5 aliphatic rings. The SMILES string of the molecule is CCOC(=O)[C@]1(C)CCC[C@@]2(C)[C@@H]3CC[C@@]4(C)C[C@]3(CC[C@@H]21)[C@@H]1CON(C(=S)Nc2ccc(Br)cc2)[C@@H]14. The smallest absolute Gasteiger partial charge is 0.312 e. The molecule has 1 heterocycles. The third kappa shape index (κ3) is 3.69. The molecule has 1 spiro atoms. The molecule has 1 aromatic rings. The van der Waals surface area contributed by atoms with Crippen molar-refractivity contribution in [3.8, 4) is 0 Å². The van der Waals surface area contributed by atoms with Crippen molar-refractivity contribution in [2.75, 3.05) is 18.5 Å². The van der Waals surface area contributed by atoms with E-state index >= 15 is 0 Å². The molecular formula is C30H41BrN2O3S. The number of carbonyl (C=O) groups excluding carboxylic acids is 1. The number of anilines is 1. The van der Waals surface area contributed by atoms with Gasteiger partial charge in [0.25, 0.3) is 0 Å². The maximum absolute atomic E-state index is 13.3. The second kappa shape index (κ2) is 8.92. The van der Waals surface area contributed by atoms with Gasteiger partial charge in [-0.1, -0.05) is 36.2 Å². The van der Waals surface area contributed by atoms with Crippen LogP contribution in [-0.4, -0.2) is 35.4 Å². The van der Waals surface area contributed by atoms with Gasteiger partial charge in [0.2, 0.25) is 0 Å². The van der Waals surface area contributed by atoms with Gasteiger partial charge in [-0.15, -0.1) is 0 Å². The fourth-order valence-electron chi connectivity index (χ4n) is 10.4. The molecule has 0 aromatic heterocycles. The number of thiocarbonyl (C=S) groups is 1. The summed E-state index contributed by atoms with van der Waals surface area (Å²) in [6, 6.07) is 8.44. The van der Waals surface area contributed by atoms with Gasteiger partial charge < -0.3 is 10.1 Å². The second-order valence-corrected chi connectivity index (χ2v) is 14.7. The van der Waals surface area contributed by atoms with Crippen LogP contribution in [0.4, 0.5) is 5.69 Å². The van der Waals surface area contributed by atoms with E-state index in [9.17, 15) is 4.79 Å². The first-order valence-corrected chi connectivity index (χ1v) is 15.4. The van der Waals surface area contributed by atoms with Gasteiger partial charge in [0.05, 0.1) is 24.7 Å². The normalized spacial score (nSPS) is 44.0. The lowest BCUT2D eigenvalue weighted by Gasteiger charge is -2.64. The van der Waals surface area contributed by atoms with Gasteiger partial charge in [-0.3, -0.25) is 9.63 Å². The quantitative estimate of drug-likeness (QED) is 0.294. The van der Waals surface area contributed by atoms with Crippen molar-refractivity contribution in [1.29, 1.82) is 0 Å². The van der Waals surface area contributed by atoms with E-state index in [0.29, 0.717) is 35.5 Å². The summed E-state index contributed by atoms with van der Waals surface area (Å²) in [6.07, 6.45) is 9.29. The summed E-state index contributed by atoms with van der Waals surface area (Å²) < 4.78 is 6.72. The van der Waals surface area contributed by atoms with E-state index in [1.54, 1.807) is 0 Å². The maximum atomic E-state index is 13.3. The molecule has 37 heavy (non-hydrogen) atoms. The number of hydrogen-bond donors (Lipinski definition) is 1. The summed E-state index contributed by atoms with van der Waals surface area (Å²) in [5.74, 6) is 1.52. The van der Waals surface area contributed by atoms with E-state index in [2.05, 4.69) is 47.1 Å². The third-order valence-electron chi connectivity index (χ3n) is 11.6. The number of hydrogen-bond acceptors (Lipinski definition) is 4. The lowest BCUT2D eigenvalue weighted by atomic mass is 9.39. The molecule has 0 amide bonds. The Morgan fingerprint density at radius 1 is 1.14 bits per heavy atom. The predicted octanol–water partition coefficient (Wildman–Crippen LogP) is 7.35. The Balaban J connectivity index is 1.29. The Bertz CT molecular complexity index is 1100. The topological polar surface area (TPSA) is 50.8 Å². The van der Waals surface area contributed by atoms with Gasteiger partial charge in [-0.25, -0.2) is 5.06 Å². The highest BCUT2D eigenvalue weighted by Gasteiger charge is 2.73. The predicted molar refractivity (Wildman–Crippen MR) is 153 cm³/mol. The lowest BCUT2D eigenvalue weighted by molar-refractivity contribution is -0.195. The molecule has 5 nitrogen and oxygen atoms in total. The van der Waals surface area contributed by atoms with Crippen LogP contribution in [0.3, 0.4) is 0 Å². The molecule has 2 bridgehead atoms. The van der Waals surface area contributed by atoms with Gasteiger partial charge >= 0.3 is 5.97 Å². The van der Waals surface area contributed by atoms with Gasteiger partial charge in [-0.05, 0) is 123 Å². The monoisotopic (exact) mass is 588 g/mol. The van der Waals surface area contributed by atoms with E-state index in [1.807, 2.05) is 31.2 Å². The van der Waals surface area contributed by atoms with Crippen LogP contribution in [0.15, 0.2) is 28.7 Å². The molecule has 0 radical (unpaired) electrons. The van der Waals surface area contributed by atoms with Gasteiger partial charge in [0.1, 0.15) is 0 Å². The zero-order chi connectivity index (χ0) is 26.2. The first-order chi connectivity index (χ1) is 17.6. The van der Waals surface area contributed by atoms with Gasteiger partial charge in [0, 0.05) is 16.1 Å². The van der Waals surface area contributed by atoms with Gasteiger partial charge in [-0.2, -0.15) is 0 Å². The summed E-state index contributed by atoms with van der Waals surface area (Å²) >= 11 is 9.45. The average Bonchev–Trinajstić information content (AvgIpc) is 3.38. The highest BCUT2D eigenvalue weighted by molar-refractivity contribution is 9.10. The summed E-state index contributed by atoms with van der Waals surface area (Å²) in [5, 5.41) is 6.18. The molecule has 8 atom stereocenters. The molecule has 4 aliphatic carbocycles. The summed E-state index contributed by atoms with van der Waals surface area (Å²) in [5.41, 5.74) is 1.23. The number of fused-ring (bicyclic) bond motifs is 5. The number of nitrogens with one attached hydrogen (secondary N) is 1. The highest BCUT2D eigenvalue weighted by atomic mass is 79.9. The van der Waals surface area contributed by atoms with Crippen molar-refractivity contribution >= 4 is 44.9 Å². The minimum absolute atomic E-state index is 0.0339. The summed E-state index contributed by atoms with van der Waals surface area (Å²) in [6.45, 7) is 10.4. The fourth-order valence-corrected chi connectivity index (χ4v) is 10.9. The first-order valence-electron chi connectivity index (χ1n) is 14.2. The number of nitrogens with zero attached hydrogens (tertiary/aromatic N) is 1. The Morgan fingerprint density at radius 2 is 1.86 bits per heavy atom. The number of hydroxylamine groups is 2. The minimum atomic E-state index is -0.363. The molecular weight excluding hydrogens is 548 g/mol. The lowest BCUT2D eigenvalue weighted by Crippen LogP contribution is -2.60. The van der Waals surface area contributed by atoms with Crippen LogP contribution in [-0.2, 0) is 14.4 Å². The van der Waals surface area contributed by atoms with Crippen LogP contribution in [0.25, 0.3) is 0 Å². The molecule has 1 N–H and O–H groups in total. The van der Waals surface area contributed by atoms with E-state index in [4.69, 9.17) is 21.8 Å². The van der Waals surface area contributed by atoms with Crippen molar-refractivity contribution in [2.24, 2.45) is 39.4 Å². The van der Waals surface area contributed by atoms with Crippen molar-refractivity contribution in [2.45, 2.75) is 85.1 Å². The fraction of sp³-hybridized carbons (Fsp3) is 0.733. The van der Waals surface area contributed by atoms with Crippen molar-refractivity contribution in [3.05, 3.63) is 28.7 Å². The second-order valence-electron chi connectivity index (χ2n) is 13.4. The molecule has 1 aromatic carbocycles. The van der Waals surface area contributed by atoms with Crippen LogP contribution in [0.5, 0.6) is 0 Å². The van der Waals surface area contributed by atoms with E-state index < -0.39 is 0 Å². The minimum Gasteiger partial charge on any atom is -0.466 e. The molecule has 7 heteroatoms. The Hall–Kier alpha value is -1.18. The molecule has 6 rings (SSSR count). The van der Waals surface area contributed by atoms with Crippen molar-refractivity contribution < 1.29 is 14.4 Å². The number of carbonyl (C=O) groups is 1. The Kier molecular flexibility index (Phi) is 6.28. The van der Waals surface area contributed by atoms with E-state index in [0.717, 1.165) is 36.0 Å². The molecule has 4 saturated carbocycles.